The Hall–Kier alpha value is -0.536. The first kappa shape index (κ1) is 33.6. The summed E-state index contributed by atoms with van der Waals surface area (Å²) in [7, 11) is -4.86. The second-order valence-corrected chi connectivity index (χ2v) is 13.0. The molecule has 0 spiro atoms. The Balaban J connectivity index is 0. The van der Waals surface area contributed by atoms with E-state index in [1.807, 2.05) is 68.9 Å². The molecule has 0 atom stereocenters. The zero-order chi connectivity index (χ0) is 25.1. The van der Waals surface area contributed by atoms with E-state index in [1.165, 1.54) is 0 Å². The van der Waals surface area contributed by atoms with E-state index in [0.29, 0.717) is 52.2 Å². The first-order valence-electron chi connectivity index (χ1n) is 11.8. The molecule has 0 bridgehead atoms. The van der Waals surface area contributed by atoms with Crippen LogP contribution >= 0.6 is 0 Å². The monoisotopic (exact) mass is 499 g/mol. The zero-order valence-corrected chi connectivity index (χ0v) is 24.1. The minimum Gasteiger partial charge on any atom is -0.444 e. The van der Waals surface area contributed by atoms with Crippen molar-refractivity contribution >= 4 is 23.7 Å². The molecule has 0 radical (unpaired) electrons. The summed E-state index contributed by atoms with van der Waals surface area (Å²) in [6, 6.07) is 0.679. The maximum Gasteiger partial charge on any atom is 0.500 e. The molecule has 0 fully saturated rings. The highest BCUT2D eigenvalue weighted by Gasteiger charge is 2.39. The Kier molecular flexibility index (Phi) is 19.8. The first-order chi connectivity index (χ1) is 15.0. The van der Waals surface area contributed by atoms with Gasteiger partial charge in [0, 0.05) is 58.8 Å². The van der Waals surface area contributed by atoms with Crippen molar-refractivity contribution in [1.29, 1.82) is 0 Å². The molecule has 194 valence electrons. The molecule has 0 heterocycles. The van der Waals surface area contributed by atoms with E-state index in [4.69, 9.17) is 31.3 Å². The third-order valence-corrected chi connectivity index (χ3v) is 9.23. The number of rotatable bonds is 16. The van der Waals surface area contributed by atoms with Gasteiger partial charge in [0.1, 0.15) is 5.60 Å². The minimum atomic E-state index is -2.61. The van der Waals surface area contributed by atoms with Crippen molar-refractivity contribution in [3.8, 4) is 0 Å². The molecular formula is C21H49NO8Si2. The molecule has 0 unspecified atom stereocenters. The van der Waals surface area contributed by atoms with Crippen molar-refractivity contribution in [3.05, 3.63) is 0 Å². The molecule has 0 aromatic rings. The Bertz CT molecular complexity index is 430. The van der Waals surface area contributed by atoms with E-state index < -0.39 is 29.3 Å². The van der Waals surface area contributed by atoms with E-state index in [9.17, 15) is 4.79 Å². The second-order valence-electron chi connectivity index (χ2n) is 7.68. The normalized spacial score (nSPS) is 12.2. The van der Waals surface area contributed by atoms with Crippen molar-refractivity contribution < 1.29 is 36.1 Å². The van der Waals surface area contributed by atoms with Crippen LogP contribution in [-0.2, 0) is 31.3 Å². The zero-order valence-electron chi connectivity index (χ0n) is 22.1. The van der Waals surface area contributed by atoms with Crippen LogP contribution in [-0.4, -0.2) is 75.5 Å². The van der Waals surface area contributed by atoms with E-state index in [2.05, 4.69) is 5.32 Å². The van der Waals surface area contributed by atoms with Crippen LogP contribution in [0.4, 0.5) is 4.79 Å². The number of alkyl carbamates (subject to hydrolysis) is 1. The average Bonchev–Trinajstić information content (AvgIpc) is 2.66. The van der Waals surface area contributed by atoms with Crippen LogP contribution in [0.15, 0.2) is 0 Å². The third-order valence-electron chi connectivity index (χ3n) is 3.64. The predicted molar refractivity (Wildman–Crippen MR) is 131 cm³/mol. The summed E-state index contributed by atoms with van der Waals surface area (Å²) in [5, 5.41) is 2.73. The van der Waals surface area contributed by atoms with Crippen LogP contribution in [0.25, 0.3) is 0 Å². The molecule has 9 nitrogen and oxygen atoms in total. The fourth-order valence-corrected chi connectivity index (χ4v) is 7.16. The third kappa shape index (κ3) is 18.0. The van der Waals surface area contributed by atoms with E-state index in [0.717, 1.165) is 6.42 Å². The molecule has 32 heavy (non-hydrogen) atoms. The largest absolute Gasteiger partial charge is 0.500 e. The lowest BCUT2D eigenvalue weighted by Crippen LogP contribution is -2.46. The molecule has 0 aliphatic rings. The summed E-state index contributed by atoms with van der Waals surface area (Å²) in [6.45, 7) is 23.2. The van der Waals surface area contributed by atoms with Crippen LogP contribution in [0.3, 0.4) is 0 Å². The van der Waals surface area contributed by atoms with Crippen LogP contribution < -0.4 is 5.32 Å². The van der Waals surface area contributed by atoms with Crippen molar-refractivity contribution in [2.45, 2.75) is 86.9 Å². The van der Waals surface area contributed by atoms with Gasteiger partial charge < -0.3 is 36.6 Å². The average molecular weight is 500 g/mol. The summed E-state index contributed by atoms with van der Waals surface area (Å²) < 4.78 is 38.6. The first-order valence-corrected chi connectivity index (χ1v) is 15.9. The van der Waals surface area contributed by atoms with Gasteiger partial charge in [-0.15, -0.1) is 0 Å². The summed E-state index contributed by atoms with van der Waals surface area (Å²) >= 11 is 0. The number of carbonyl (C=O) groups excluding carboxylic acids is 1. The van der Waals surface area contributed by atoms with Gasteiger partial charge in [-0.05, 0) is 68.7 Å². The van der Waals surface area contributed by atoms with Gasteiger partial charge in [-0.1, -0.05) is 0 Å². The topological polar surface area (TPSA) is 93.7 Å². The molecule has 1 N–H and O–H groups in total. The van der Waals surface area contributed by atoms with Crippen LogP contribution in [0.1, 0.15) is 68.7 Å². The summed E-state index contributed by atoms with van der Waals surface area (Å²) in [5.74, 6) is 0. The quantitative estimate of drug-likeness (QED) is 0.243. The molecule has 0 rings (SSSR count). The van der Waals surface area contributed by atoms with E-state index in [1.54, 1.807) is 0 Å². The highest BCUT2D eigenvalue weighted by Crippen LogP contribution is 2.18. The second kappa shape index (κ2) is 18.8. The van der Waals surface area contributed by atoms with E-state index in [-0.39, 0.29) is 0 Å². The predicted octanol–water partition coefficient (Wildman–Crippen LogP) is 4.61. The number of carbonyl (C=O) groups is 1. The van der Waals surface area contributed by atoms with Crippen LogP contribution in [0, 0.1) is 0 Å². The van der Waals surface area contributed by atoms with Crippen LogP contribution in [0.2, 0.25) is 12.6 Å². The molecule has 0 saturated heterocycles. The Morgan fingerprint density at radius 3 is 1.41 bits per heavy atom. The fourth-order valence-electron chi connectivity index (χ4n) is 2.72. The van der Waals surface area contributed by atoms with E-state index >= 15 is 0 Å². The minimum absolute atomic E-state index is 0.404. The maximum absolute atomic E-state index is 11.5. The van der Waals surface area contributed by atoms with Crippen molar-refractivity contribution in [2.75, 3.05) is 46.2 Å². The summed E-state index contributed by atoms with van der Waals surface area (Å²) in [6.07, 6.45) is 0.324. The van der Waals surface area contributed by atoms with Gasteiger partial charge in [0.05, 0.1) is 0 Å². The van der Waals surface area contributed by atoms with Gasteiger partial charge >= 0.3 is 23.7 Å². The molecule has 1 amide bonds. The number of nitrogens with one attached hydrogen (secondary N) is 1. The molecule has 0 aromatic carbocycles. The maximum atomic E-state index is 11.5. The molecule has 0 saturated carbocycles. The number of hydrogen-bond acceptors (Lipinski definition) is 8. The lowest BCUT2D eigenvalue weighted by molar-refractivity contribution is 0.0519. The van der Waals surface area contributed by atoms with Crippen molar-refractivity contribution in [3.63, 3.8) is 0 Å². The fraction of sp³-hybridized carbons (Fsp3) is 0.952. The number of amides is 1. The highest BCUT2D eigenvalue weighted by molar-refractivity contribution is 6.60. The van der Waals surface area contributed by atoms with Crippen molar-refractivity contribution in [1.82, 2.24) is 5.32 Å². The number of hydrogen-bond donors (Lipinski definition) is 1. The standard InChI is InChI=1S/C14H31NO5Si.C7H18O3Si/c1-7-17-21(18-8-2,19-9-3)12-10-11-15-13(16)20-14(4,5)6;1-5-8-11(4,9-6-2)10-7-3/h7-12H2,1-6H3,(H,15,16);5-7H2,1-4H3. The van der Waals surface area contributed by atoms with Gasteiger partial charge in [-0.2, -0.15) is 0 Å². The van der Waals surface area contributed by atoms with Gasteiger partial charge in [0.2, 0.25) is 0 Å². The Morgan fingerprint density at radius 1 is 0.719 bits per heavy atom. The van der Waals surface area contributed by atoms with Gasteiger partial charge in [-0.3, -0.25) is 0 Å². The Labute approximate surface area is 198 Å². The Morgan fingerprint density at radius 2 is 1.09 bits per heavy atom. The smallest absolute Gasteiger partial charge is 0.444 e. The SMILES string of the molecule is CCO[Si](C)(OCC)OCC.CCO[Si](CCCNC(=O)OC(C)(C)C)(OCC)OCC. The summed E-state index contributed by atoms with van der Waals surface area (Å²) in [5.41, 5.74) is -0.482. The molecule has 0 aliphatic heterocycles. The van der Waals surface area contributed by atoms with Crippen LogP contribution in [0.5, 0.6) is 0 Å². The highest BCUT2D eigenvalue weighted by atomic mass is 28.4. The van der Waals surface area contributed by atoms with Gasteiger partial charge in [0.25, 0.3) is 0 Å². The lowest BCUT2D eigenvalue weighted by atomic mass is 10.2. The summed E-state index contributed by atoms with van der Waals surface area (Å²) in [4.78, 5) is 11.5. The lowest BCUT2D eigenvalue weighted by Gasteiger charge is -2.28. The van der Waals surface area contributed by atoms with Gasteiger partial charge in [0.15, 0.2) is 0 Å². The molecule has 0 aliphatic carbocycles. The molecular weight excluding hydrogens is 450 g/mol. The molecule has 11 heteroatoms. The van der Waals surface area contributed by atoms with Crippen molar-refractivity contribution in [2.24, 2.45) is 0 Å². The van der Waals surface area contributed by atoms with Gasteiger partial charge in [-0.25, -0.2) is 4.79 Å². The number of ether oxygens (including phenoxy) is 1. The molecule has 0 aromatic heterocycles.